The predicted octanol–water partition coefficient (Wildman–Crippen LogP) is 2.44. The van der Waals surface area contributed by atoms with Crippen LogP contribution in [0.15, 0.2) is 36.8 Å². The molecule has 0 saturated carbocycles. The van der Waals surface area contributed by atoms with Crippen LogP contribution in [0, 0.1) is 0 Å². The number of nitrogens with zero attached hydrogens (tertiary/aromatic N) is 4. The van der Waals surface area contributed by atoms with Gasteiger partial charge in [-0.05, 0) is 30.5 Å². The fourth-order valence-corrected chi connectivity index (χ4v) is 2.33. The van der Waals surface area contributed by atoms with Crippen LogP contribution < -0.4 is 11.3 Å². The highest BCUT2D eigenvalue weighted by Crippen LogP contribution is 2.21. The van der Waals surface area contributed by atoms with Crippen LogP contribution in [0.5, 0.6) is 0 Å². The van der Waals surface area contributed by atoms with E-state index >= 15 is 0 Å². The van der Waals surface area contributed by atoms with Gasteiger partial charge in [0.25, 0.3) is 0 Å². The van der Waals surface area contributed by atoms with Gasteiger partial charge in [0.1, 0.15) is 6.33 Å². The molecule has 0 spiro atoms. The molecule has 0 saturated heterocycles. The molecule has 0 unspecified atom stereocenters. The number of fused-ring (bicyclic) bond motifs is 1. The summed E-state index contributed by atoms with van der Waals surface area (Å²) in [4.78, 5) is 8.37. The molecule has 108 valence electrons. The zero-order chi connectivity index (χ0) is 14.7. The fraction of sp³-hybridized carbons (Fsp3) is 0.267. The number of hydrogen-bond acceptors (Lipinski definition) is 5. The minimum absolute atomic E-state index is 0.575. The van der Waals surface area contributed by atoms with Crippen molar-refractivity contribution in [3.63, 3.8) is 0 Å². The molecule has 2 aromatic heterocycles. The van der Waals surface area contributed by atoms with Gasteiger partial charge >= 0.3 is 0 Å². The molecule has 0 bridgehead atoms. The number of anilines is 1. The van der Waals surface area contributed by atoms with Gasteiger partial charge in [-0.25, -0.2) is 20.5 Å². The molecule has 0 amide bonds. The highest BCUT2D eigenvalue weighted by atomic mass is 15.3. The predicted molar refractivity (Wildman–Crippen MR) is 83.1 cm³/mol. The molecule has 1 aromatic carbocycles. The summed E-state index contributed by atoms with van der Waals surface area (Å²) in [6, 6.07) is 8.41. The van der Waals surface area contributed by atoms with Crippen molar-refractivity contribution in [2.45, 2.75) is 26.2 Å². The summed E-state index contributed by atoms with van der Waals surface area (Å²) in [7, 11) is 0. The molecule has 0 fully saturated rings. The second-order valence-electron chi connectivity index (χ2n) is 4.93. The average molecular weight is 282 g/mol. The summed E-state index contributed by atoms with van der Waals surface area (Å²) in [5.74, 6) is 6.03. The molecule has 0 aliphatic carbocycles. The Kier molecular flexibility index (Phi) is 3.79. The first-order chi connectivity index (χ1) is 10.3. The Morgan fingerprint density at radius 3 is 2.71 bits per heavy atom. The fourth-order valence-electron chi connectivity index (χ4n) is 2.33. The summed E-state index contributed by atoms with van der Waals surface area (Å²) in [5.41, 5.74) is 5.62. The molecule has 0 atom stereocenters. The van der Waals surface area contributed by atoms with E-state index < -0.39 is 0 Å². The lowest BCUT2D eigenvalue weighted by Crippen LogP contribution is -2.09. The number of nitrogens with two attached hydrogens (primary N) is 1. The summed E-state index contributed by atoms with van der Waals surface area (Å²) in [6.07, 6.45) is 6.72. The van der Waals surface area contributed by atoms with Gasteiger partial charge in [0.2, 0.25) is 0 Å². The average Bonchev–Trinajstić information content (AvgIpc) is 2.97. The van der Waals surface area contributed by atoms with Gasteiger partial charge in [-0.15, -0.1) is 0 Å². The van der Waals surface area contributed by atoms with Crippen molar-refractivity contribution in [3.05, 3.63) is 42.4 Å². The lowest BCUT2D eigenvalue weighted by atomic mass is 10.1. The maximum atomic E-state index is 5.45. The minimum Gasteiger partial charge on any atom is -0.308 e. The molecule has 21 heavy (non-hydrogen) atoms. The Hall–Kier alpha value is -2.47. The monoisotopic (exact) mass is 282 g/mol. The topological polar surface area (TPSA) is 81.7 Å². The summed E-state index contributed by atoms with van der Waals surface area (Å²) in [6.45, 7) is 2.20. The summed E-state index contributed by atoms with van der Waals surface area (Å²) >= 11 is 0. The van der Waals surface area contributed by atoms with Crippen LogP contribution in [0.1, 0.15) is 25.3 Å². The first-order valence-electron chi connectivity index (χ1n) is 7.08. The highest BCUT2D eigenvalue weighted by Gasteiger charge is 2.10. The lowest BCUT2D eigenvalue weighted by molar-refractivity contribution is 0.794. The van der Waals surface area contributed by atoms with Crippen molar-refractivity contribution >= 4 is 16.9 Å². The Labute approximate surface area is 123 Å². The number of nitrogens with one attached hydrogen (secondary N) is 1. The van der Waals surface area contributed by atoms with Gasteiger partial charge in [-0.2, -0.15) is 5.10 Å². The van der Waals surface area contributed by atoms with Crippen molar-refractivity contribution in [2.75, 3.05) is 5.43 Å². The van der Waals surface area contributed by atoms with Crippen LogP contribution in [-0.4, -0.2) is 19.7 Å². The van der Waals surface area contributed by atoms with Gasteiger partial charge < -0.3 is 5.43 Å². The Balaban J connectivity index is 1.97. The van der Waals surface area contributed by atoms with E-state index in [1.807, 2.05) is 0 Å². The Morgan fingerprint density at radius 1 is 1.19 bits per heavy atom. The lowest BCUT2D eigenvalue weighted by Gasteiger charge is -2.05. The van der Waals surface area contributed by atoms with Crippen molar-refractivity contribution in [1.29, 1.82) is 0 Å². The van der Waals surface area contributed by atoms with Crippen LogP contribution in [0.2, 0.25) is 0 Å². The van der Waals surface area contributed by atoms with Crippen LogP contribution in [0.4, 0.5) is 5.82 Å². The maximum Gasteiger partial charge on any atom is 0.168 e. The molecular formula is C15H18N6. The molecule has 0 aliphatic rings. The first-order valence-corrected chi connectivity index (χ1v) is 7.08. The van der Waals surface area contributed by atoms with Crippen LogP contribution >= 0.6 is 0 Å². The molecule has 3 rings (SSSR count). The molecule has 2 heterocycles. The second kappa shape index (κ2) is 5.88. The number of benzene rings is 1. The van der Waals surface area contributed by atoms with Gasteiger partial charge in [-0.3, -0.25) is 0 Å². The van der Waals surface area contributed by atoms with Crippen LogP contribution in [0.3, 0.4) is 0 Å². The van der Waals surface area contributed by atoms with E-state index in [0.717, 1.165) is 23.1 Å². The Bertz CT molecular complexity index is 732. The number of aromatic nitrogens is 4. The van der Waals surface area contributed by atoms with Crippen molar-refractivity contribution in [2.24, 2.45) is 5.84 Å². The SMILES string of the molecule is CCCCc1ccc(-n2ncc3c(NN)ncnc32)cc1. The van der Waals surface area contributed by atoms with Crippen LogP contribution in [-0.2, 0) is 6.42 Å². The third-order valence-corrected chi connectivity index (χ3v) is 3.50. The van der Waals surface area contributed by atoms with Gasteiger partial charge in [0.15, 0.2) is 11.5 Å². The number of hydrogen-bond donors (Lipinski definition) is 2. The van der Waals surface area contributed by atoms with E-state index in [1.165, 1.54) is 24.7 Å². The normalized spacial score (nSPS) is 11.0. The molecule has 6 nitrogen and oxygen atoms in total. The standard InChI is InChI=1S/C15H18N6/c1-2-3-4-11-5-7-12(8-6-11)21-15-13(9-19-21)14(20-16)17-10-18-15/h5-10H,2-4,16H2,1H3,(H,17,18,20). The smallest absolute Gasteiger partial charge is 0.168 e. The zero-order valence-electron chi connectivity index (χ0n) is 12.0. The molecule has 0 aliphatic heterocycles. The number of unbranched alkanes of at least 4 members (excludes halogenated alkanes) is 1. The molecule has 6 heteroatoms. The summed E-state index contributed by atoms with van der Waals surface area (Å²) < 4.78 is 1.79. The molecule has 3 aromatic rings. The third kappa shape index (κ3) is 2.57. The molecular weight excluding hydrogens is 264 g/mol. The number of hydrazine groups is 1. The van der Waals surface area contributed by atoms with Gasteiger partial charge in [-0.1, -0.05) is 25.5 Å². The van der Waals surface area contributed by atoms with Gasteiger partial charge in [0.05, 0.1) is 17.3 Å². The molecule has 3 N–H and O–H groups in total. The number of nitrogen functional groups attached to an aromatic ring is 1. The first kappa shape index (κ1) is 13.5. The van der Waals surface area contributed by atoms with E-state index in [2.05, 4.69) is 51.7 Å². The van der Waals surface area contributed by atoms with E-state index in [1.54, 1.807) is 10.9 Å². The van der Waals surface area contributed by atoms with E-state index in [-0.39, 0.29) is 0 Å². The summed E-state index contributed by atoms with van der Waals surface area (Å²) in [5, 5.41) is 5.19. The van der Waals surface area contributed by atoms with Crippen molar-refractivity contribution in [1.82, 2.24) is 19.7 Å². The van der Waals surface area contributed by atoms with Crippen molar-refractivity contribution < 1.29 is 0 Å². The zero-order valence-corrected chi connectivity index (χ0v) is 12.0. The minimum atomic E-state index is 0.575. The van der Waals surface area contributed by atoms with Crippen LogP contribution in [0.25, 0.3) is 16.7 Å². The van der Waals surface area contributed by atoms with Crippen molar-refractivity contribution in [3.8, 4) is 5.69 Å². The largest absolute Gasteiger partial charge is 0.308 e. The highest BCUT2D eigenvalue weighted by molar-refractivity contribution is 5.86. The number of rotatable bonds is 5. The van der Waals surface area contributed by atoms with E-state index in [0.29, 0.717) is 5.82 Å². The number of aryl methyl sites for hydroxylation is 1. The second-order valence-corrected chi connectivity index (χ2v) is 4.93. The Morgan fingerprint density at radius 2 is 2.00 bits per heavy atom. The quantitative estimate of drug-likeness (QED) is 0.555. The van der Waals surface area contributed by atoms with E-state index in [4.69, 9.17) is 5.84 Å². The maximum absolute atomic E-state index is 5.45. The van der Waals surface area contributed by atoms with E-state index in [9.17, 15) is 0 Å². The molecule has 0 radical (unpaired) electrons. The third-order valence-electron chi connectivity index (χ3n) is 3.50. The van der Waals surface area contributed by atoms with Gasteiger partial charge in [0, 0.05) is 0 Å².